The minimum atomic E-state index is -0.229. The molecule has 0 aliphatic heterocycles. The lowest BCUT2D eigenvalue weighted by Crippen LogP contribution is -2.28. The maximum atomic E-state index is 11.1. The highest BCUT2D eigenvalue weighted by Crippen LogP contribution is 2.12. The van der Waals surface area contributed by atoms with Crippen molar-refractivity contribution < 1.29 is 0 Å². The van der Waals surface area contributed by atoms with Crippen molar-refractivity contribution in [2.45, 2.75) is 66.8 Å². The van der Waals surface area contributed by atoms with E-state index in [0.717, 1.165) is 28.2 Å². The fourth-order valence-electron chi connectivity index (χ4n) is 2.30. The molecule has 1 atom stereocenters. The van der Waals surface area contributed by atoms with Gasteiger partial charge in [0.2, 0.25) is 0 Å². The second-order valence-corrected chi connectivity index (χ2v) is 7.75. The molecule has 0 bridgehead atoms. The maximum Gasteiger partial charge on any atom is 0.268 e. The molecule has 2 N–H and O–H groups in total. The molecule has 0 radical (unpaired) electrons. The molecule has 0 saturated carbocycles. The molecule has 4 heteroatoms. The molecule has 0 saturated heterocycles. The van der Waals surface area contributed by atoms with Gasteiger partial charge in [0.05, 0.1) is 0 Å². The van der Waals surface area contributed by atoms with Crippen LogP contribution in [0.1, 0.15) is 66.4 Å². The van der Waals surface area contributed by atoms with Crippen LogP contribution in [-0.4, -0.2) is 29.2 Å². The van der Waals surface area contributed by atoms with E-state index in [2.05, 4.69) is 59.2 Å². The molecule has 0 aromatic carbocycles. The smallest absolute Gasteiger partial charge is 0.268 e. The third-order valence-corrected chi connectivity index (χ3v) is 4.94. The van der Waals surface area contributed by atoms with Crippen molar-refractivity contribution in [2.24, 2.45) is 5.92 Å². The number of aromatic nitrogens is 1. The second-order valence-electron chi connectivity index (χ2n) is 7.75. The molecule has 1 rings (SSSR count). The summed E-state index contributed by atoms with van der Waals surface area (Å²) in [5.74, 6) is 6.38. The summed E-state index contributed by atoms with van der Waals surface area (Å²) in [5, 5.41) is 0. The van der Waals surface area contributed by atoms with Crippen molar-refractivity contribution in [1.29, 1.82) is 0 Å². The van der Waals surface area contributed by atoms with Gasteiger partial charge in [-0.25, -0.2) is 4.68 Å². The molecule has 1 heterocycles. The Morgan fingerprint density at radius 1 is 1.25 bits per heavy atom. The van der Waals surface area contributed by atoms with Crippen LogP contribution in [0.3, 0.4) is 0 Å². The summed E-state index contributed by atoms with van der Waals surface area (Å²) in [6, 6.07) is 3.85. The Labute approximate surface area is 172 Å². The van der Waals surface area contributed by atoms with Gasteiger partial charge in [-0.1, -0.05) is 57.6 Å². The first-order valence-corrected chi connectivity index (χ1v) is 10.3. The molecule has 0 amide bonds. The summed E-state index contributed by atoms with van der Waals surface area (Å²) in [6.45, 7) is 18.4. The summed E-state index contributed by atoms with van der Waals surface area (Å²) in [6.07, 6.45) is 11.3. The third kappa shape index (κ3) is 10.9. The van der Waals surface area contributed by atoms with Crippen molar-refractivity contribution in [2.75, 3.05) is 19.4 Å². The van der Waals surface area contributed by atoms with Crippen LogP contribution >= 0.6 is 0 Å². The number of hydrogen-bond acceptors (Lipinski definition) is 3. The molecule has 1 aromatic rings. The van der Waals surface area contributed by atoms with Crippen LogP contribution in [0.15, 0.2) is 53.5 Å². The zero-order valence-corrected chi connectivity index (χ0v) is 19.0. The van der Waals surface area contributed by atoms with Gasteiger partial charge in [-0.15, -0.1) is 0 Å². The Balaban J connectivity index is 0.000000576. The first-order valence-electron chi connectivity index (χ1n) is 10.3. The van der Waals surface area contributed by atoms with E-state index in [1.165, 1.54) is 31.0 Å². The van der Waals surface area contributed by atoms with Gasteiger partial charge in [0.25, 0.3) is 5.56 Å². The number of allylic oxidation sites excluding steroid dienone is 5. The molecule has 0 aliphatic carbocycles. The fraction of sp³-hybridized carbons (Fsp3) is 0.542. The van der Waals surface area contributed by atoms with E-state index in [-0.39, 0.29) is 5.56 Å². The molecule has 0 spiro atoms. The Morgan fingerprint density at radius 3 is 2.39 bits per heavy atom. The molecule has 0 aliphatic rings. The Bertz CT molecular complexity index is 698. The summed E-state index contributed by atoms with van der Waals surface area (Å²) in [7, 11) is 2.20. The lowest BCUT2D eigenvalue weighted by Gasteiger charge is -2.22. The Kier molecular flexibility index (Phi) is 13.0. The van der Waals surface area contributed by atoms with Gasteiger partial charge >= 0.3 is 0 Å². The standard InChI is InChI=1S/C14H18N2O.C10H23N/c1-4-5-11(2)6-7-12(3)13-8-9-14(17)16(15)10-13;1-6-10(4)7-8-11(5)9(2)3/h5-10H,3-4,15H2,1-2H3;9-10H,6-8H2,1-5H3/b7-6-,11-5-;. The van der Waals surface area contributed by atoms with Crippen LogP contribution in [0, 0.1) is 5.92 Å². The minimum Gasteiger partial charge on any atom is -0.336 e. The molecule has 1 unspecified atom stereocenters. The number of pyridine rings is 1. The van der Waals surface area contributed by atoms with Crippen molar-refractivity contribution in [3.05, 3.63) is 64.6 Å². The topological polar surface area (TPSA) is 51.3 Å². The van der Waals surface area contributed by atoms with E-state index in [9.17, 15) is 4.79 Å². The van der Waals surface area contributed by atoms with Gasteiger partial charge in [0.1, 0.15) is 0 Å². The van der Waals surface area contributed by atoms with Crippen molar-refractivity contribution in [3.8, 4) is 0 Å². The summed E-state index contributed by atoms with van der Waals surface area (Å²) < 4.78 is 1.06. The van der Waals surface area contributed by atoms with Gasteiger partial charge in [0.15, 0.2) is 0 Å². The highest BCUT2D eigenvalue weighted by atomic mass is 16.1. The average molecular weight is 388 g/mol. The van der Waals surface area contributed by atoms with Gasteiger partial charge in [-0.2, -0.15) is 0 Å². The largest absolute Gasteiger partial charge is 0.336 e. The molecule has 28 heavy (non-hydrogen) atoms. The van der Waals surface area contributed by atoms with Crippen molar-refractivity contribution in [1.82, 2.24) is 9.58 Å². The number of rotatable bonds is 9. The van der Waals surface area contributed by atoms with Gasteiger partial charge in [-0.3, -0.25) is 4.79 Å². The van der Waals surface area contributed by atoms with E-state index < -0.39 is 0 Å². The Hall–Kier alpha value is -2.07. The van der Waals surface area contributed by atoms with E-state index >= 15 is 0 Å². The number of nitrogens with two attached hydrogens (primary N) is 1. The number of nitrogen functional groups attached to an aromatic ring is 1. The predicted molar refractivity (Wildman–Crippen MR) is 125 cm³/mol. The van der Waals surface area contributed by atoms with E-state index in [1.54, 1.807) is 12.3 Å². The maximum absolute atomic E-state index is 11.1. The SMILES string of the molecule is C=C(/C=C\C(C)=C/CC)c1ccc(=O)n(N)c1.CCC(C)CCN(C)C(C)C. The molecule has 1 aromatic heterocycles. The van der Waals surface area contributed by atoms with Gasteiger partial charge in [0, 0.05) is 18.3 Å². The third-order valence-electron chi connectivity index (χ3n) is 4.94. The highest BCUT2D eigenvalue weighted by Gasteiger charge is 2.04. The molecule has 0 fully saturated rings. The van der Waals surface area contributed by atoms with Crippen LogP contribution in [0.2, 0.25) is 0 Å². The number of hydrogen-bond donors (Lipinski definition) is 1. The van der Waals surface area contributed by atoms with Crippen LogP contribution in [0.4, 0.5) is 0 Å². The molecular weight excluding hydrogens is 346 g/mol. The van der Waals surface area contributed by atoms with Gasteiger partial charge < -0.3 is 10.7 Å². The summed E-state index contributed by atoms with van der Waals surface area (Å²) in [4.78, 5) is 13.5. The predicted octanol–water partition coefficient (Wildman–Crippen LogP) is 5.25. The molecule has 158 valence electrons. The van der Waals surface area contributed by atoms with E-state index in [1.807, 2.05) is 19.1 Å². The lowest BCUT2D eigenvalue weighted by atomic mass is 10.1. The minimum absolute atomic E-state index is 0.229. The zero-order chi connectivity index (χ0) is 21.7. The number of nitrogens with zero attached hydrogens (tertiary/aromatic N) is 2. The van der Waals surface area contributed by atoms with E-state index in [0.29, 0.717) is 6.04 Å². The van der Waals surface area contributed by atoms with Gasteiger partial charge in [-0.05, 0) is 70.3 Å². The van der Waals surface area contributed by atoms with E-state index in [4.69, 9.17) is 5.84 Å². The normalized spacial score (nSPS) is 13.0. The fourth-order valence-corrected chi connectivity index (χ4v) is 2.30. The van der Waals surface area contributed by atoms with Crippen molar-refractivity contribution in [3.63, 3.8) is 0 Å². The van der Waals surface area contributed by atoms with Crippen LogP contribution in [0.25, 0.3) is 5.57 Å². The second kappa shape index (κ2) is 14.0. The average Bonchev–Trinajstić information content (AvgIpc) is 2.66. The monoisotopic (exact) mass is 387 g/mol. The molecular formula is C24H41N3O. The summed E-state index contributed by atoms with van der Waals surface area (Å²) in [5.41, 5.74) is 2.63. The van der Waals surface area contributed by atoms with Crippen molar-refractivity contribution >= 4 is 5.57 Å². The summed E-state index contributed by atoms with van der Waals surface area (Å²) >= 11 is 0. The molecule has 4 nitrogen and oxygen atoms in total. The first-order chi connectivity index (χ1) is 13.1. The van der Waals surface area contributed by atoms with Crippen LogP contribution < -0.4 is 11.4 Å². The van der Waals surface area contributed by atoms with Crippen LogP contribution in [-0.2, 0) is 0 Å². The zero-order valence-electron chi connectivity index (χ0n) is 19.0. The Morgan fingerprint density at radius 2 is 1.89 bits per heavy atom. The quantitative estimate of drug-likeness (QED) is 0.465. The first kappa shape index (κ1) is 25.9. The lowest BCUT2D eigenvalue weighted by molar-refractivity contribution is 0.253. The highest BCUT2D eigenvalue weighted by molar-refractivity contribution is 5.71. The van der Waals surface area contributed by atoms with Crippen LogP contribution in [0.5, 0.6) is 0 Å².